The molecule has 0 unspecified atom stereocenters. The van der Waals surface area contributed by atoms with Crippen molar-refractivity contribution in [2.24, 2.45) is 0 Å². The molecule has 2 aromatic rings. The molecule has 0 N–H and O–H groups in total. The molecule has 1 aromatic carbocycles. The van der Waals surface area contributed by atoms with E-state index in [1.807, 2.05) is 0 Å². The maximum atomic E-state index is 13.4. The lowest BCUT2D eigenvalue weighted by molar-refractivity contribution is 0.103. The predicted molar refractivity (Wildman–Crippen MR) is 64.2 cm³/mol. The van der Waals surface area contributed by atoms with Crippen molar-refractivity contribution in [2.45, 2.75) is 0 Å². The Hall–Kier alpha value is -0.900. The molecule has 16 heavy (non-hydrogen) atoms. The minimum Gasteiger partial charge on any atom is -0.288 e. The van der Waals surface area contributed by atoms with Gasteiger partial charge in [-0.25, -0.2) is 4.39 Å². The highest BCUT2D eigenvalue weighted by molar-refractivity contribution is 7.13. The molecule has 2 rings (SSSR count). The Balaban J connectivity index is 2.49. The summed E-state index contributed by atoms with van der Waals surface area (Å²) in [6.45, 7) is 0. The van der Waals surface area contributed by atoms with Gasteiger partial charge in [-0.1, -0.05) is 23.2 Å². The van der Waals surface area contributed by atoms with Gasteiger partial charge < -0.3 is 0 Å². The van der Waals surface area contributed by atoms with Gasteiger partial charge >= 0.3 is 0 Å². The standard InChI is InChI=1S/C11H5Cl2FOS/c12-6-1-2-9(14)7(5-6)10(15)11-8(13)3-4-16-11/h1-5H. The summed E-state index contributed by atoms with van der Waals surface area (Å²) in [5.74, 6) is -1.04. The Morgan fingerprint density at radius 1 is 1.25 bits per heavy atom. The summed E-state index contributed by atoms with van der Waals surface area (Å²) < 4.78 is 13.4. The van der Waals surface area contributed by atoms with Crippen LogP contribution in [0.2, 0.25) is 10.0 Å². The first-order valence-corrected chi connectivity index (χ1v) is 5.96. The third kappa shape index (κ3) is 2.12. The Kier molecular flexibility index (Phi) is 3.28. The molecule has 0 fully saturated rings. The van der Waals surface area contributed by atoms with Crippen LogP contribution in [0.15, 0.2) is 29.6 Å². The van der Waals surface area contributed by atoms with Crippen molar-refractivity contribution >= 4 is 40.3 Å². The zero-order chi connectivity index (χ0) is 11.7. The second-order valence-electron chi connectivity index (χ2n) is 3.05. The van der Waals surface area contributed by atoms with Crippen molar-refractivity contribution in [1.82, 2.24) is 0 Å². The fraction of sp³-hybridized carbons (Fsp3) is 0. The van der Waals surface area contributed by atoms with Crippen molar-refractivity contribution in [3.8, 4) is 0 Å². The SMILES string of the molecule is O=C(c1cc(Cl)ccc1F)c1sccc1Cl. The van der Waals surface area contributed by atoms with Gasteiger partial charge in [0.15, 0.2) is 0 Å². The first-order valence-electron chi connectivity index (χ1n) is 4.32. The summed E-state index contributed by atoms with van der Waals surface area (Å²) in [6.07, 6.45) is 0. The molecule has 1 heterocycles. The summed E-state index contributed by atoms with van der Waals surface area (Å²) in [7, 11) is 0. The minimum atomic E-state index is -0.598. The first-order chi connectivity index (χ1) is 7.59. The van der Waals surface area contributed by atoms with Gasteiger partial charge in [0.1, 0.15) is 5.82 Å². The molecule has 0 bridgehead atoms. The molecule has 5 heteroatoms. The van der Waals surface area contributed by atoms with Gasteiger partial charge in [0.2, 0.25) is 5.78 Å². The van der Waals surface area contributed by atoms with E-state index in [1.54, 1.807) is 11.4 Å². The van der Waals surface area contributed by atoms with Crippen molar-refractivity contribution in [2.75, 3.05) is 0 Å². The molecule has 0 aliphatic carbocycles. The molecule has 0 amide bonds. The molecule has 0 saturated carbocycles. The van der Waals surface area contributed by atoms with Crippen LogP contribution < -0.4 is 0 Å². The normalized spacial score (nSPS) is 10.4. The smallest absolute Gasteiger partial charge is 0.207 e. The predicted octanol–water partition coefficient (Wildman–Crippen LogP) is 4.43. The van der Waals surface area contributed by atoms with Crippen LogP contribution in [0.25, 0.3) is 0 Å². The summed E-state index contributed by atoms with van der Waals surface area (Å²) in [5.41, 5.74) is -0.0585. The van der Waals surface area contributed by atoms with Crippen LogP contribution in [0.3, 0.4) is 0 Å². The monoisotopic (exact) mass is 274 g/mol. The Morgan fingerprint density at radius 3 is 2.62 bits per heavy atom. The van der Waals surface area contributed by atoms with Gasteiger partial charge in [-0.2, -0.15) is 0 Å². The van der Waals surface area contributed by atoms with Crippen molar-refractivity contribution in [3.05, 3.63) is 55.9 Å². The van der Waals surface area contributed by atoms with Crippen LogP contribution >= 0.6 is 34.5 Å². The van der Waals surface area contributed by atoms with E-state index in [0.29, 0.717) is 14.9 Å². The zero-order valence-corrected chi connectivity index (χ0v) is 10.2. The van der Waals surface area contributed by atoms with E-state index in [0.717, 1.165) is 6.07 Å². The summed E-state index contributed by atoms with van der Waals surface area (Å²) in [5, 5.41) is 2.32. The number of ketones is 1. The van der Waals surface area contributed by atoms with E-state index in [2.05, 4.69) is 0 Å². The first kappa shape index (κ1) is 11.6. The van der Waals surface area contributed by atoms with Crippen molar-refractivity contribution in [3.63, 3.8) is 0 Å². The lowest BCUT2D eigenvalue weighted by Crippen LogP contribution is -2.02. The molecule has 0 saturated heterocycles. The molecule has 0 spiro atoms. The third-order valence-corrected chi connectivity index (χ3v) is 3.57. The number of hydrogen-bond acceptors (Lipinski definition) is 2. The van der Waals surface area contributed by atoms with Crippen LogP contribution in [0.4, 0.5) is 4.39 Å². The molecule has 1 nitrogen and oxygen atoms in total. The highest BCUT2D eigenvalue weighted by Crippen LogP contribution is 2.27. The minimum absolute atomic E-state index is 0.0585. The Labute approximate surface area is 105 Å². The number of carbonyl (C=O) groups excluding carboxylic acids is 1. The molecular formula is C11H5Cl2FOS. The lowest BCUT2D eigenvalue weighted by Gasteiger charge is -2.01. The van der Waals surface area contributed by atoms with Crippen molar-refractivity contribution < 1.29 is 9.18 Å². The van der Waals surface area contributed by atoms with Gasteiger partial charge in [-0.05, 0) is 29.6 Å². The average Bonchev–Trinajstić information content (AvgIpc) is 2.67. The van der Waals surface area contributed by atoms with Crippen LogP contribution in [-0.4, -0.2) is 5.78 Å². The molecular weight excluding hydrogens is 270 g/mol. The van der Waals surface area contributed by atoms with Crippen molar-refractivity contribution in [1.29, 1.82) is 0 Å². The number of halogens is 3. The van der Waals surface area contributed by atoms with Gasteiger partial charge in [-0.3, -0.25) is 4.79 Å². The topological polar surface area (TPSA) is 17.1 Å². The Bertz CT molecular complexity index is 551. The quantitative estimate of drug-likeness (QED) is 0.741. The highest BCUT2D eigenvalue weighted by Gasteiger charge is 2.18. The summed E-state index contributed by atoms with van der Waals surface area (Å²) in [4.78, 5) is 12.3. The summed E-state index contributed by atoms with van der Waals surface area (Å²) in [6, 6.07) is 5.46. The van der Waals surface area contributed by atoms with E-state index in [-0.39, 0.29) is 5.56 Å². The van der Waals surface area contributed by atoms with E-state index in [4.69, 9.17) is 23.2 Å². The molecule has 0 radical (unpaired) electrons. The zero-order valence-electron chi connectivity index (χ0n) is 7.84. The van der Waals surface area contributed by atoms with Crippen LogP contribution in [0.5, 0.6) is 0 Å². The van der Waals surface area contributed by atoms with E-state index >= 15 is 0 Å². The number of hydrogen-bond donors (Lipinski definition) is 0. The largest absolute Gasteiger partial charge is 0.288 e. The van der Waals surface area contributed by atoms with Crippen LogP contribution in [0.1, 0.15) is 15.2 Å². The second-order valence-corrected chi connectivity index (χ2v) is 4.81. The Morgan fingerprint density at radius 2 is 2.00 bits per heavy atom. The average molecular weight is 275 g/mol. The second kappa shape index (κ2) is 4.53. The van der Waals surface area contributed by atoms with E-state index in [9.17, 15) is 9.18 Å². The van der Waals surface area contributed by atoms with E-state index in [1.165, 1.54) is 23.5 Å². The van der Waals surface area contributed by atoms with E-state index < -0.39 is 11.6 Å². The number of thiophene rings is 1. The number of benzene rings is 1. The third-order valence-electron chi connectivity index (χ3n) is 2.00. The highest BCUT2D eigenvalue weighted by atomic mass is 35.5. The van der Waals surface area contributed by atoms with Crippen LogP contribution in [-0.2, 0) is 0 Å². The molecule has 1 aromatic heterocycles. The van der Waals surface area contributed by atoms with Gasteiger partial charge in [0.05, 0.1) is 15.5 Å². The number of carbonyl (C=O) groups is 1. The molecule has 0 atom stereocenters. The molecule has 0 aliphatic rings. The van der Waals surface area contributed by atoms with Gasteiger partial charge in [0.25, 0.3) is 0 Å². The van der Waals surface area contributed by atoms with Gasteiger partial charge in [-0.15, -0.1) is 11.3 Å². The fourth-order valence-electron chi connectivity index (χ4n) is 1.25. The fourth-order valence-corrected chi connectivity index (χ4v) is 2.52. The van der Waals surface area contributed by atoms with Crippen LogP contribution in [0, 0.1) is 5.82 Å². The lowest BCUT2D eigenvalue weighted by atomic mass is 10.1. The maximum absolute atomic E-state index is 13.4. The molecule has 0 aliphatic heterocycles. The number of rotatable bonds is 2. The van der Waals surface area contributed by atoms with Gasteiger partial charge in [0, 0.05) is 5.02 Å². The summed E-state index contributed by atoms with van der Waals surface area (Å²) >= 11 is 12.7. The molecule has 82 valence electrons. The maximum Gasteiger partial charge on any atom is 0.207 e.